The highest BCUT2D eigenvalue weighted by Crippen LogP contribution is 2.33. The van der Waals surface area contributed by atoms with Crippen molar-refractivity contribution < 1.29 is 14.3 Å². The van der Waals surface area contributed by atoms with Crippen LogP contribution in [0.15, 0.2) is 47.4 Å². The Morgan fingerprint density at radius 1 is 1.10 bits per heavy atom. The Bertz CT molecular complexity index is 953. The number of para-hydroxylation sites is 1. The fraction of sp³-hybridized carbons (Fsp3) is 0.304. The summed E-state index contributed by atoms with van der Waals surface area (Å²) in [6.07, 6.45) is 1.83. The normalized spacial score (nSPS) is 15.5. The van der Waals surface area contributed by atoms with Crippen molar-refractivity contribution in [1.29, 1.82) is 0 Å². The third kappa shape index (κ3) is 5.19. The summed E-state index contributed by atoms with van der Waals surface area (Å²) >= 11 is 6.50. The molecular weight excluding hydrogens is 402 g/mol. The molecule has 152 valence electrons. The number of rotatable bonds is 7. The summed E-state index contributed by atoms with van der Waals surface area (Å²) in [7, 11) is 1.69. The minimum Gasteiger partial charge on any atom is -0.490 e. The molecule has 2 aromatic rings. The molecule has 2 aromatic carbocycles. The number of carbonyl (C=O) groups excluding carboxylic acids is 1. The van der Waals surface area contributed by atoms with Crippen LogP contribution in [0, 0.1) is 6.92 Å². The number of hydrogen-bond acceptors (Lipinski definition) is 5. The Labute approximate surface area is 181 Å². The van der Waals surface area contributed by atoms with E-state index in [2.05, 4.69) is 39.0 Å². The lowest BCUT2D eigenvalue weighted by Crippen LogP contribution is -2.22. The van der Waals surface area contributed by atoms with Crippen LogP contribution < -0.4 is 9.47 Å². The highest BCUT2D eigenvalue weighted by Gasteiger charge is 2.28. The predicted molar refractivity (Wildman–Crippen MR) is 124 cm³/mol. The third-order valence-electron chi connectivity index (χ3n) is 4.58. The van der Waals surface area contributed by atoms with E-state index in [1.165, 1.54) is 27.8 Å². The number of carbonyl (C=O) groups is 1. The molecule has 1 aliphatic heterocycles. The van der Waals surface area contributed by atoms with Crippen LogP contribution in [0.4, 0.5) is 0 Å². The maximum Gasteiger partial charge on any atom is 0.265 e. The highest BCUT2D eigenvalue weighted by molar-refractivity contribution is 8.26. The summed E-state index contributed by atoms with van der Waals surface area (Å²) in [5, 5.41) is 0. The number of hydrogen-bond donors (Lipinski definition) is 0. The van der Waals surface area contributed by atoms with Crippen molar-refractivity contribution >= 4 is 40.3 Å². The lowest BCUT2D eigenvalue weighted by Gasteiger charge is -2.15. The van der Waals surface area contributed by atoms with Crippen LogP contribution in [-0.4, -0.2) is 35.4 Å². The number of benzene rings is 2. The molecule has 0 bridgehead atoms. The van der Waals surface area contributed by atoms with E-state index in [4.69, 9.17) is 21.7 Å². The standard InChI is InChI=1S/C23H25NO3S2/c1-15(2)18-10-9-16(3)13-20(18)27-12-11-26-19-8-6-5-7-17(19)14-21-22(25)24(4)23(28)29-21/h5-10,13-15H,11-12H2,1-4H3/b21-14-. The molecule has 1 heterocycles. The zero-order chi connectivity index (χ0) is 21.0. The van der Waals surface area contributed by atoms with Crippen molar-refractivity contribution in [2.45, 2.75) is 26.7 Å². The van der Waals surface area contributed by atoms with Crippen molar-refractivity contribution in [3.63, 3.8) is 0 Å². The first-order valence-corrected chi connectivity index (χ1v) is 10.8. The van der Waals surface area contributed by atoms with Gasteiger partial charge in [-0.15, -0.1) is 0 Å². The average Bonchev–Trinajstić information content (AvgIpc) is 2.93. The van der Waals surface area contributed by atoms with Gasteiger partial charge in [-0.05, 0) is 42.2 Å². The van der Waals surface area contributed by atoms with Gasteiger partial charge in [-0.25, -0.2) is 0 Å². The summed E-state index contributed by atoms with van der Waals surface area (Å²) < 4.78 is 12.5. The molecule has 1 amide bonds. The molecule has 0 aromatic heterocycles. The molecule has 0 saturated carbocycles. The third-order valence-corrected chi connectivity index (χ3v) is 6.07. The second-order valence-electron chi connectivity index (χ2n) is 7.17. The molecule has 29 heavy (non-hydrogen) atoms. The number of thiocarbonyl (C=S) groups is 1. The monoisotopic (exact) mass is 427 g/mol. The quantitative estimate of drug-likeness (QED) is 0.336. The van der Waals surface area contributed by atoms with E-state index in [1.54, 1.807) is 7.05 Å². The number of amides is 1. The van der Waals surface area contributed by atoms with Gasteiger partial charge in [0.25, 0.3) is 5.91 Å². The van der Waals surface area contributed by atoms with Crippen molar-refractivity contribution in [2.75, 3.05) is 20.3 Å². The van der Waals surface area contributed by atoms with Crippen LogP contribution in [0.3, 0.4) is 0 Å². The van der Waals surface area contributed by atoms with Crippen LogP contribution in [0.2, 0.25) is 0 Å². The molecule has 6 heteroatoms. The van der Waals surface area contributed by atoms with Crippen molar-refractivity contribution in [3.05, 3.63) is 64.1 Å². The van der Waals surface area contributed by atoms with E-state index in [9.17, 15) is 4.79 Å². The Balaban J connectivity index is 1.65. The number of thioether (sulfide) groups is 1. The smallest absolute Gasteiger partial charge is 0.265 e. The molecular formula is C23H25NO3S2. The van der Waals surface area contributed by atoms with Crippen LogP contribution in [0.1, 0.15) is 36.5 Å². The summed E-state index contributed by atoms with van der Waals surface area (Å²) in [5.41, 5.74) is 3.21. The lowest BCUT2D eigenvalue weighted by molar-refractivity contribution is -0.121. The second-order valence-corrected chi connectivity index (χ2v) is 8.85. The summed E-state index contributed by atoms with van der Waals surface area (Å²) in [6, 6.07) is 13.9. The summed E-state index contributed by atoms with van der Waals surface area (Å²) in [4.78, 5) is 14.3. The Kier molecular flexibility index (Phi) is 6.98. The summed E-state index contributed by atoms with van der Waals surface area (Å²) in [6.45, 7) is 7.22. The topological polar surface area (TPSA) is 38.8 Å². The lowest BCUT2D eigenvalue weighted by atomic mass is 10.0. The van der Waals surface area contributed by atoms with Gasteiger partial charge in [0, 0.05) is 12.6 Å². The molecule has 1 saturated heterocycles. The number of ether oxygens (including phenoxy) is 2. The van der Waals surface area contributed by atoms with Crippen LogP contribution in [0.25, 0.3) is 6.08 Å². The van der Waals surface area contributed by atoms with Gasteiger partial charge in [0.15, 0.2) is 0 Å². The van der Waals surface area contributed by atoms with Gasteiger partial charge in [0.05, 0.1) is 4.91 Å². The van der Waals surface area contributed by atoms with Crippen LogP contribution in [-0.2, 0) is 4.79 Å². The molecule has 0 N–H and O–H groups in total. The van der Waals surface area contributed by atoms with Gasteiger partial charge in [-0.3, -0.25) is 9.69 Å². The molecule has 4 nitrogen and oxygen atoms in total. The maximum absolute atomic E-state index is 12.3. The van der Waals surface area contributed by atoms with Gasteiger partial charge in [-0.1, -0.05) is 68.2 Å². The molecule has 0 atom stereocenters. The maximum atomic E-state index is 12.3. The van der Waals surface area contributed by atoms with Crippen molar-refractivity contribution in [2.24, 2.45) is 0 Å². The van der Waals surface area contributed by atoms with E-state index in [0.717, 1.165) is 11.3 Å². The first-order chi connectivity index (χ1) is 13.9. The molecule has 0 unspecified atom stereocenters. The molecule has 3 rings (SSSR count). The molecule has 0 spiro atoms. The van der Waals surface area contributed by atoms with Gasteiger partial charge in [0.1, 0.15) is 29.0 Å². The zero-order valence-electron chi connectivity index (χ0n) is 17.1. The molecule has 1 fully saturated rings. The second kappa shape index (κ2) is 9.46. The molecule has 1 aliphatic rings. The molecule has 0 aliphatic carbocycles. The van der Waals surface area contributed by atoms with E-state index in [0.29, 0.717) is 34.1 Å². The van der Waals surface area contributed by atoms with Crippen LogP contribution >= 0.6 is 24.0 Å². The fourth-order valence-electron chi connectivity index (χ4n) is 2.96. The number of aryl methyl sites for hydroxylation is 1. The largest absolute Gasteiger partial charge is 0.490 e. The highest BCUT2D eigenvalue weighted by atomic mass is 32.2. The SMILES string of the molecule is Cc1ccc(C(C)C)c(OCCOc2ccccc2/C=C2\SC(=S)N(C)C2=O)c1. The Morgan fingerprint density at radius 3 is 2.45 bits per heavy atom. The van der Waals surface area contributed by atoms with Gasteiger partial charge < -0.3 is 9.47 Å². The summed E-state index contributed by atoms with van der Waals surface area (Å²) in [5.74, 6) is 1.93. The Hall–Kier alpha value is -2.31. The first kappa shape index (κ1) is 21.4. The zero-order valence-corrected chi connectivity index (χ0v) is 18.7. The minimum atomic E-state index is -0.0844. The van der Waals surface area contributed by atoms with Gasteiger partial charge in [-0.2, -0.15) is 0 Å². The van der Waals surface area contributed by atoms with E-state index < -0.39 is 0 Å². The number of likely N-dealkylation sites (N-methyl/N-ethyl adjacent to an activating group) is 1. The van der Waals surface area contributed by atoms with E-state index in [-0.39, 0.29) is 5.91 Å². The van der Waals surface area contributed by atoms with Gasteiger partial charge >= 0.3 is 0 Å². The number of nitrogens with zero attached hydrogens (tertiary/aromatic N) is 1. The first-order valence-electron chi connectivity index (χ1n) is 9.53. The van der Waals surface area contributed by atoms with E-state index in [1.807, 2.05) is 30.3 Å². The molecule has 0 radical (unpaired) electrons. The van der Waals surface area contributed by atoms with Crippen molar-refractivity contribution in [1.82, 2.24) is 4.90 Å². The Morgan fingerprint density at radius 2 is 1.79 bits per heavy atom. The predicted octanol–water partition coefficient (Wildman–Crippen LogP) is 5.41. The van der Waals surface area contributed by atoms with Crippen LogP contribution in [0.5, 0.6) is 11.5 Å². The minimum absolute atomic E-state index is 0.0844. The van der Waals surface area contributed by atoms with E-state index >= 15 is 0 Å². The fourth-order valence-corrected chi connectivity index (χ4v) is 4.14. The van der Waals surface area contributed by atoms with Crippen molar-refractivity contribution in [3.8, 4) is 11.5 Å². The average molecular weight is 428 g/mol. The van der Waals surface area contributed by atoms with Gasteiger partial charge in [0.2, 0.25) is 0 Å².